The van der Waals surface area contributed by atoms with E-state index in [-0.39, 0.29) is 5.82 Å². The smallest absolute Gasteiger partial charge is 0.164 e. The molecule has 0 saturated heterocycles. The van der Waals surface area contributed by atoms with Crippen LogP contribution in [0, 0.1) is 33.5 Å². The summed E-state index contributed by atoms with van der Waals surface area (Å²) in [6.45, 7) is 8.58. The van der Waals surface area contributed by atoms with Crippen LogP contribution in [0.1, 0.15) is 22.3 Å². The van der Waals surface area contributed by atoms with Gasteiger partial charge in [0, 0.05) is 33.0 Å². The second-order valence-electron chi connectivity index (χ2n) is 15.8. The largest absolute Gasteiger partial charge is 0.309 e. The van der Waals surface area contributed by atoms with Crippen molar-refractivity contribution >= 4 is 21.8 Å². The lowest BCUT2D eigenvalue weighted by molar-refractivity contribution is 0.628. The molecule has 8 aromatic carbocycles. The van der Waals surface area contributed by atoms with Crippen molar-refractivity contribution in [3.8, 4) is 73.2 Å². The molecule has 10 aromatic rings. The van der Waals surface area contributed by atoms with Gasteiger partial charge in [-0.15, -0.1) is 0 Å². The number of fused-ring (bicyclic) bond motifs is 3. The molecule has 0 radical (unpaired) electrons. The summed E-state index contributed by atoms with van der Waals surface area (Å²) < 4.78 is 17.5. The third-order valence-electron chi connectivity index (χ3n) is 11.2. The van der Waals surface area contributed by atoms with Crippen LogP contribution in [0.15, 0.2) is 176 Å². The average Bonchev–Trinajstić information content (AvgIpc) is 3.59. The maximum absolute atomic E-state index is 15.2. The molecule has 288 valence electrons. The highest BCUT2D eigenvalue weighted by Gasteiger charge is 2.21. The van der Waals surface area contributed by atoms with Gasteiger partial charge in [-0.2, -0.15) is 0 Å². The van der Waals surface area contributed by atoms with Gasteiger partial charge in [0.2, 0.25) is 0 Å². The molecule has 10 rings (SSSR count). The minimum atomic E-state index is -0.295. The average molecular weight is 777 g/mol. The van der Waals surface area contributed by atoms with E-state index in [4.69, 9.17) is 15.0 Å². The highest BCUT2D eigenvalue weighted by Crippen LogP contribution is 2.41. The van der Waals surface area contributed by atoms with Gasteiger partial charge in [0.15, 0.2) is 17.5 Å². The second kappa shape index (κ2) is 15.0. The summed E-state index contributed by atoms with van der Waals surface area (Å²) >= 11 is 0. The summed E-state index contributed by atoms with van der Waals surface area (Å²) in [7, 11) is 0. The van der Waals surface area contributed by atoms with Crippen LogP contribution in [-0.4, -0.2) is 19.5 Å². The van der Waals surface area contributed by atoms with Crippen LogP contribution in [0.2, 0.25) is 0 Å². The third-order valence-corrected chi connectivity index (χ3v) is 11.2. The van der Waals surface area contributed by atoms with Crippen LogP contribution in [-0.2, 0) is 0 Å². The number of rotatable bonds is 7. The SMILES string of the molecule is Cc1cc(C)cc(-c2ccc3c4ccc(-c5cc(C)cc(C)c5)cc4n(-c4cc(-c5nc(-c6ccccc6)nc(-c6ccccc6)n5)ccc4-c4cccc(F)c4)c3c2)c1. The van der Waals surface area contributed by atoms with Gasteiger partial charge >= 0.3 is 0 Å². The fraction of sp³-hybridized carbons (Fsp3) is 0.0727. The molecule has 0 spiro atoms. The lowest BCUT2D eigenvalue weighted by Gasteiger charge is -2.17. The van der Waals surface area contributed by atoms with E-state index in [9.17, 15) is 0 Å². The molecular formula is C55H41FN4. The Morgan fingerprint density at radius 2 is 0.800 bits per heavy atom. The van der Waals surface area contributed by atoms with E-state index in [0.717, 1.165) is 77.6 Å². The predicted octanol–water partition coefficient (Wildman–Crippen LogP) is 14.3. The van der Waals surface area contributed by atoms with E-state index in [1.165, 1.54) is 28.3 Å². The molecule has 2 heterocycles. The maximum atomic E-state index is 15.2. The Kier molecular flexibility index (Phi) is 9.22. The lowest BCUT2D eigenvalue weighted by Crippen LogP contribution is -2.02. The Bertz CT molecular complexity index is 3050. The molecule has 0 N–H and O–H groups in total. The van der Waals surface area contributed by atoms with Gasteiger partial charge in [-0.3, -0.25) is 0 Å². The number of halogens is 1. The first kappa shape index (κ1) is 36.8. The third kappa shape index (κ3) is 6.94. The van der Waals surface area contributed by atoms with Gasteiger partial charge in [0.1, 0.15) is 5.82 Å². The van der Waals surface area contributed by atoms with E-state index in [0.29, 0.717) is 17.5 Å². The van der Waals surface area contributed by atoms with Gasteiger partial charge < -0.3 is 4.57 Å². The molecule has 0 aliphatic rings. The monoisotopic (exact) mass is 776 g/mol. The van der Waals surface area contributed by atoms with Crippen molar-refractivity contribution in [1.29, 1.82) is 0 Å². The Balaban J connectivity index is 1.29. The minimum absolute atomic E-state index is 0.295. The van der Waals surface area contributed by atoms with Crippen LogP contribution < -0.4 is 0 Å². The van der Waals surface area contributed by atoms with Gasteiger partial charge in [0.25, 0.3) is 0 Å². The molecule has 0 aliphatic carbocycles. The van der Waals surface area contributed by atoms with Gasteiger partial charge in [0.05, 0.1) is 16.7 Å². The first-order chi connectivity index (χ1) is 29.2. The molecule has 0 aliphatic heterocycles. The zero-order valence-corrected chi connectivity index (χ0v) is 33.9. The topological polar surface area (TPSA) is 43.6 Å². The van der Waals surface area contributed by atoms with Crippen molar-refractivity contribution in [3.05, 3.63) is 204 Å². The fourth-order valence-electron chi connectivity index (χ4n) is 8.61. The summed E-state index contributed by atoms with van der Waals surface area (Å²) in [5.74, 6) is 1.42. The highest BCUT2D eigenvalue weighted by atomic mass is 19.1. The van der Waals surface area contributed by atoms with Crippen LogP contribution in [0.4, 0.5) is 4.39 Å². The maximum Gasteiger partial charge on any atom is 0.164 e. The molecule has 0 fully saturated rings. The van der Waals surface area contributed by atoms with Gasteiger partial charge in [-0.1, -0.05) is 168 Å². The molecule has 0 amide bonds. The Morgan fingerprint density at radius 1 is 0.350 bits per heavy atom. The normalized spacial score (nSPS) is 11.4. The zero-order chi connectivity index (χ0) is 40.9. The quantitative estimate of drug-likeness (QED) is 0.162. The number of benzene rings is 8. The van der Waals surface area contributed by atoms with Crippen molar-refractivity contribution < 1.29 is 4.39 Å². The Morgan fingerprint density at radius 3 is 1.28 bits per heavy atom. The van der Waals surface area contributed by atoms with E-state index in [1.54, 1.807) is 12.1 Å². The predicted molar refractivity (Wildman–Crippen MR) is 246 cm³/mol. The van der Waals surface area contributed by atoms with E-state index in [1.807, 2.05) is 72.8 Å². The summed E-state index contributed by atoms with van der Waals surface area (Å²) in [6.07, 6.45) is 0. The van der Waals surface area contributed by atoms with Crippen LogP contribution in [0.5, 0.6) is 0 Å². The van der Waals surface area contributed by atoms with E-state index in [2.05, 4.69) is 117 Å². The van der Waals surface area contributed by atoms with Crippen LogP contribution in [0.25, 0.3) is 95.0 Å². The number of hydrogen-bond acceptors (Lipinski definition) is 3. The van der Waals surface area contributed by atoms with Crippen LogP contribution >= 0.6 is 0 Å². The molecule has 5 heteroatoms. The van der Waals surface area contributed by atoms with Gasteiger partial charge in [-0.05, 0) is 85.8 Å². The second-order valence-corrected chi connectivity index (χ2v) is 15.8. The first-order valence-electron chi connectivity index (χ1n) is 20.3. The molecule has 0 bridgehead atoms. The number of aryl methyl sites for hydroxylation is 4. The Hall–Kier alpha value is -7.50. The van der Waals surface area contributed by atoms with E-state index < -0.39 is 0 Å². The fourth-order valence-corrected chi connectivity index (χ4v) is 8.61. The molecule has 2 aromatic heterocycles. The summed E-state index contributed by atoms with van der Waals surface area (Å²) in [4.78, 5) is 15.2. The molecule has 0 atom stereocenters. The highest BCUT2D eigenvalue weighted by molar-refractivity contribution is 6.12. The van der Waals surface area contributed by atoms with Gasteiger partial charge in [-0.25, -0.2) is 19.3 Å². The molecule has 0 unspecified atom stereocenters. The van der Waals surface area contributed by atoms with Crippen molar-refractivity contribution in [1.82, 2.24) is 19.5 Å². The zero-order valence-electron chi connectivity index (χ0n) is 33.9. The Labute approximate surface area is 349 Å². The molecule has 60 heavy (non-hydrogen) atoms. The van der Waals surface area contributed by atoms with Crippen molar-refractivity contribution in [2.24, 2.45) is 0 Å². The van der Waals surface area contributed by atoms with E-state index >= 15 is 4.39 Å². The minimum Gasteiger partial charge on any atom is -0.309 e. The lowest BCUT2D eigenvalue weighted by atomic mass is 9.98. The molecule has 0 saturated carbocycles. The number of aromatic nitrogens is 4. The van der Waals surface area contributed by atoms with Crippen molar-refractivity contribution in [2.45, 2.75) is 27.7 Å². The first-order valence-corrected chi connectivity index (χ1v) is 20.3. The summed E-state index contributed by atoms with van der Waals surface area (Å²) in [5, 5.41) is 2.25. The standard InChI is InChI=1S/C55H41FN4/c1-34-24-35(2)27-44(26-34)40-18-22-48-49-23-19-41(45-28-36(3)25-37(4)29-45)32-52(49)60(51(48)31-40)50-33-43(20-21-47(50)42-16-11-17-46(56)30-42)55-58-53(38-12-7-5-8-13-38)57-54(59-55)39-14-9-6-10-15-39/h5-33H,1-4H3. The number of nitrogens with zero attached hydrogens (tertiary/aromatic N) is 4. The van der Waals surface area contributed by atoms with Crippen molar-refractivity contribution in [3.63, 3.8) is 0 Å². The summed E-state index contributed by atoms with van der Waals surface area (Å²) in [6, 6.07) is 60.1. The molecular weight excluding hydrogens is 736 g/mol. The van der Waals surface area contributed by atoms with Crippen molar-refractivity contribution in [2.75, 3.05) is 0 Å². The number of hydrogen-bond donors (Lipinski definition) is 0. The summed E-state index contributed by atoms with van der Waals surface area (Å²) in [5.41, 5.74) is 16.6. The van der Waals surface area contributed by atoms with Crippen LogP contribution in [0.3, 0.4) is 0 Å². The molecule has 4 nitrogen and oxygen atoms in total.